The van der Waals surface area contributed by atoms with Crippen LogP contribution in [-0.4, -0.2) is 77.8 Å². The summed E-state index contributed by atoms with van der Waals surface area (Å²) in [6.07, 6.45) is 5.29. The first-order valence-electron chi connectivity index (χ1n) is 11.5. The Labute approximate surface area is 187 Å². The summed E-state index contributed by atoms with van der Waals surface area (Å²) < 4.78 is 13.9. The first-order chi connectivity index (χ1) is 15.6. The van der Waals surface area contributed by atoms with E-state index in [-0.39, 0.29) is 36.4 Å². The average molecular weight is 442 g/mol. The number of rotatable bonds is 5. The van der Waals surface area contributed by atoms with Gasteiger partial charge in [-0.25, -0.2) is 9.48 Å². The average Bonchev–Trinajstić information content (AvgIpc) is 3.52. The summed E-state index contributed by atoms with van der Waals surface area (Å²) in [6.45, 7) is 0.852. The topological polar surface area (TPSA) is 106 Å². The molecule has 1 aliphatic carbocycles. The standard InChI is InChI=1S/C22H31N7O3/c1-28(2)16-10-8-14(9-11-16)21-25-26-27-29(21)18-13-32-19-17(12-31-20(18)19)24-22(30)23-15-6-4-3-5-7-15/h8-11,15,17-20H,3-7,12-13H2,1-2H3,(H2,23,24,30)/t17-,18-,19+,20+/m0/s1. The number of anilines is 1. The Balaban J connectivity index is 1.24. The maximum absolute atomic E-state index is 12.5. The van der Waals surface area contributed by atoms with Crippen LogP contribution in [0.3, 0.4) is 0 Å². The van der Waals surface area contributed by atoms with Crippen LogP contribution < -0.4 is 15.5 Å². The second-order valence-electron chi connectivity index (χ2n) is 9.11. The lowest BCUT2D eigenvalue weighted by atomic mass is 9.96. The molecule has 1 saturated carbocycles. The molecule has 0 spiro atoms. The lowest BCUT2D eigenvalue weighted by Crippen LogP contribution is -2.50. The number of fused-ring (bicyclic) bond motifs is 1. The SMILES string of the molecule is CN(C)c1ccc(-c2nnnn2[C@H]2CO[C@H]3[C@@H]2OC[C@@H]3NC(=O)NC2CCCCC2)cc1. The number of urea groups is 1. The van der Waals surface area contributed by atoms with Crippen molar-refractivity contribution in [1.82, 2.24) is 30.8 Å². The normalized spacial score (nSPS) is 27.8. The molecule has 2 amide bonds. The number of nitrogens with one attached hydrogen (secondary N) is 2. The molecular weight excluding hydrogens is 410 g/mol. The molecule has 0 unspecified atom stereocenters. The third-order valence-corrected chi connectivity index (χ3v) is 6.73. The molecule has 172 valence electrons. The molecule has 2 aliphatic heterocycles. The number of tetrazole rings is 1. The minimum atomic E-state index is -0.217. The maximum Gasteiger partial charge on any atom is 0.315 e. The van der Waals surface area contributed by atoms with E-state index in [9.17, 15) is 4.79 Å². The minimum Gasteiger partial charge on any atom is -0.378 e. The van der Waals surface area contributed by atoms with Crippen LogP contribution in [0.15, 0.2) is 24.3 Å². The molecule has 32 heavy (non-hydrogen) atoms. The van der Waals surface area contributed by atoms with Crippen LogP contribution in [0.25, 0.3) is 11.4 Å². The van der Waals surface area contributed by atoms with Gasteiger partial charge in [0.1, 0.15) is 18.2 Å². The Hall–Kier alpha value is -2.72. The quantitative estimate of drug-likeness (QED) is 0.728. The molecule has 3 fully saturated rings. The van der Waals surface area contributed by atoms with Crippen molar-refractivity contribution in [2.24, 2.45) is 0 Å². The number of amides is 2. The second-order valence-corrected chi connectivity index (χ2v) is 9.11. The number of hydrogen-bond acceptors (Lipinski definition) is 7. The van der Waals surface area contributed by atoms with Crippen molar-refractivity contribution < 1.29 is 14.3 Å². The molecule has 0 bridgehead atoms. The number of nitrogens with zero attached hydrogens (tertiary/aromatic N) is 5. The van der Waals surface area contributed by atoms with E-state index in [0.29, 0.717) is 19.0 Å². The Kier molecular flexibility index (Phi) is 5.97. The lowest BCUT2D eigenvalue weighted by Gasteiger charge is -2.24. The van der Waals surface area contributed by atoms with Crippen LogP contribution in [0.1, 0.15) is 38.1 Å². The van der Waals surface area contributed by atoms with Crippen molar-refractivity contribution in [2.45, 2.75) is 62.4 Å². The van der Waals surface area contributed by atoms with Crippen LogP contribution >= 0.6 is 0 Å². The van der Waals surface area contributed by atoms with Gasteiger partial charge in [-0.05, 0) is 47.5 Å². The van der Waals surface area contributed by atoms with Crippen LogP contribution in [0.5, 0.6) is 0 Å². The van der Waals surface area contributed by atoms with Gasteiger partial charge < -0.3 is 25.0 Å². The van der Waals surface area contributed by atoms with Gasteiger partial charge in [-0.3, -0.25) is 0 Å². The van der Waals surface area contributed by atoms with Crippen molar-refractivity contribution in [3.05, 3.63) is 24.3 Å². The van der Waals surface area contributed by atoms with Crippen LogP contribution in [0.2, 0.25) is 0 Å². The van der Waals surface area contributed by atoms with Gasteiger partial charge in [0.05, 0.1) is 19.3 Å². The monoisotopic (exact) mass is 441 g/mol. The fraction of sp³-hybridized carbons (Fsp3) is 0.636. The molecule has 4 atom stereocenters. The zero-order valence-corrected chi connectivity index (χ0v) is 18.6. The highest BCUT2D eigenvalue weighted by Crippen LogP contribution is 2.36. The van der Waals surface area contributed by atoms with Crippen LogP contribution in [-0.2, 0) is 9.47 Å². The molecule has 1 aromatic carbocycles. The number of benzene rings is 1. The van der Waals surface area contributed by atoms with Gasteiger partial charge in [0.2, 0.25) is 0 Å². The predicted molar refractivity (Wildman–Crippen MR) is 118 cm³/mol. The zero-order chi connectivity index (χ0) is 22.1. The first kappa shape index (κ1) is 21.1. The molecule has 2 saturated heterocycles. The third kappa shape index (κ3) is 4.16. The van der Waals surface area contributed by atoms with Crippen molar-refractivity contribution >= 4 is 11.7 Å². The van der Waals surface area contributed by atoms with E-state index in [1.807, 2.05) is 43.3 Å². The number of carbonyl (C=O) groups excluding carboxylic acids is 1. The number of carbonyl (C=O) groups is 1. The number of hydrogen-bond donors (Lipinski definition) is 2. The minimum absolute atomic E-state index is 0.137. The summed E-state index contributed by atoms with van der Waals surface area (Å²) in [5.74, 6) is 0.680. The summed E-state index contributed by atoms with van der Waals surface area (Å²) in [4.78, 5) is 14.6. The molecule has 1 aromatic heterocycles. The molecule has 0 radical (unpaired) electrons. The Morgan fingerprint density at radius 2 is 1.78 bits per heavy atom. The van der Waals surface area contributed by atoms with Gasteiger partial charge in [0.15, 0.2) is 5.82 Å². The van der Waals surface area contributed by atoms with Crippen molar-refractivity contribution in [3.8, 4) is 11.4 Å². The summed E-state index contributed by atoms with van der Waals surface area (Å²) in [6, 6.07) is 7.91. The fourth-order valence-electron chi connectivity index (χ4n) is 4.97. The largest absolute Gasteiger partial charge is 0.378 e. The maximum atomic E-state index is 12.5. The van der Waals surface area contributed by atoms with Crippen LogP contribution in [0, 0.1) is 0 Å². The van der Waals surface area contributed by atoms with E-state index in [2.05, 4.69) is 26.2 Å². The summed E-state index contributed by atoms with van der Waals surface area (Å²) in [7, 11) is 4.01. The van der Waals surface area contributed by atoms with Gasteiger partial charge in [0, 0.05) is 31.4 Å². The summed E-state index contributed by atoms with van der Waals surface area (Å²) in [5.41, 5.74) is 2.04. The van der Waals surface area contributed by atoms with Crippen molar-refractivity contribution in [1.29, 1.82) is 0 Å². The van der Waals surface area contributed by atoms with Gasteiger partial charge in [-0.2, -0.15) is 0 Å². The molecule has 3 aliphatic rings. The van der Waals surface area contributed by atoms with Crippen molar-refractivity contribution in [2.75, 3.05) is 32.2 Å². The van der Waals surface area contributed by atoms with Crippen LogP contribution in [0.4, 0.5) is 10.5 Å². The van der Waals surface area contributed by atoms with E-state index in [1.54, 1.807) is 4.68 Å². The highest BCUT2D eigenvalue weighted by atomic mass is 16.6. The molecule has 10 nitrogen and oxygen atoms in total. The molecule has 3 heterocycles. The number of ether oxygens (including phenoxy) is 2. The van der Waals surface area contributed by atoms with E-state index >= 15 is 0 Å². The highest BCUT2D eigenvalue weighted by molar-refractivity contribution is 5.74. The van der Waals surface area contributed by atoms with Gasteiger partial charge in [-0.15, -0.1) is 5.10 Å². The van der Waals surface area contributed by atoms with Gasteiger partial charge in [0.25, 0.3) is 0 Å². The van der Waals surface area contributed by atoms with E-state index in [0.717, 1.165) is 24.1 Å². The van der Waals surface area contributed by atoms with E-state index in [1.165, 1.54) is 19.3 Å². The van der Waals surface area contributed by atoms with Crippen molar-refractivity contribution in [3.63, 3.8) is 0 Å². The predicted octanol–water partition coefficient (Wildman–Crippen LogP) is 1.75. The smallest absolute Gasteiger partial charge is 0.315 e. The lowest BCUT2D eigenvalue weighted by molar-refractivity contribution is 0.0624. The Bertz CT molecular complexity index is 926. The molecule has 2 N–H and O–H groups in total. The van der Waals surface area contributed by atoms with E-state index < -0.39 is 0 Å². The number of aromatic nitrogens is 4. The molecule has 10 heteroatoms. The molecule has 2 aromatic rings. The Morgan fingerprint density at radius 1 is 1.03 bits per heavy atom. The highest BCUT2D eigenvalue weighted by Gasteiger charge is 2.50. The first-order valence-corrected chi connectivity index (χ1v) is 11.5. The Morgan fingerprint density at radius 3 is 2.53 bits per heavy atom. The zero-order valence-electron chi connectivity index (χ0n) is 18.6. The molecule has 5 rings (SSSR count). The third-order valence-electron chi connectivity index (χ3n) is 6.73. The summed E-state index contributed by atoms with van der Waals surface area (Å²) in [5, 5.41) is 18.6. The van der Waals surface area contributed by atoms with Gasteiger partial charge >= 0.3 is 6.03 Å². The molecular formula is C22H31N7O3. The fourth-order valence-corrected chi connectivity index (χ4v) is 4.97. The second kappa shape index (κ2) is 9.03. The summed E-state index contributed by atoms with van der Waals surface area (Å²) >= 11 is 0. The van der Waals surface area contributed by atoms with Gasteiger partial charge in [-0.1, -0.05) is 19.3 Å². The van der Waals surface area contributed by atoms with E-state index in [4.69, 9.17) is 9.47 Å².